The number of halogens is 2. The first-order chi connectivity index (χ1) is 10.1. The molecule has 2 atom stereocenters. The second-order valence-corrected chi connectivity index (χ2v) is 6.92. The predicted octanol–water partition coefficient (Wildman–Crippen LogP) is 2.82. The van der Waals surface area contributed by atoms with Gasteiger partial charge < -0.3 is 15.4 Å². The fourth-order valence-electron chi connectivity index (χ4n) is 3.51. The van der Waals surface area contributed by atoms with Crippen molar-refractivity contribution in [2.24, 2.45) is 0 Å². The molecule has 2 heterocycles. The van der Waals surface area contributed by atoms with E-state index in [0.717, 1.165) is 28.6 Å². The van der Waals surface area contributed by atoms with Gasteiger partial charge in [0, 0.05) is 28.2 Å². The van der Waals surface area contributed by atoms with E-state index in [1.807, 2.05) is 18.2 Å². The molecular formula is C16H22BrClN2O2. The summed E-state index contributed by atoms with van der Waals surface area (Å²) in [4.78, 5) is 12.3. The van der Waals surface area contributed by atoms with Gasteiger partial charge in [-0.2, -0.15) is 0 Å². The van der Waals surface area contributed by atoms with Gasteiger partial charge in [0.25, 0.3) is 0 Å². The maximum atomic E-state index is 12.3. The summed E-state index contributed by atoms with van der Waals surface area (Å²) in [5, 5.41) is 6.78. The highest BCUT2D eigenvalue weighted by Crippen LogP contribution is 2.27. The second-order valence-electron chi connectivity index (χ2n) is 6.01. The third kappa shape index (κ3) is 4.15. The van der Waals surface area contributed by atoms with E-state index >= 15 is 0 Å². The summed E-state index contributed by atoms with van der Waals surface area (Å²) in [6, 6.07) is 7.26. The zero-order chi connectivity index (χ0) is 14.8. The van der Waals surface area contributed by atoms with Crippen LogP contribution in [0.1, 0.15) is 31.2 Å². The van der Waals surface area contributed by atoms with Crippen LogP contribution in [0.3, 0.4) is 0 Å². The monoisotopic (exact) mass is 388 g/mol. The number of nitrogens with one attached hydrogen (secondary N) is 2. The Bertz CT molecular complexity index is 529. The topological polar surface area (TPSA) is 50.4 Å². The lowest BCUT2D eigenvalue weighted by Gasteiger charge is -2.29. The number of piperidine rings is 1. The van der Waals surface area contributed by atoms with Crippen molar-refractivity contribution in [2.45, 2.75) is 50.2 Å². The Balaban J connectivity index is 0.00000176. The minimum atomic E-state index is 0. The Labute approximate surface area is 145 Å². The fraction of sp³-hybridized carbons (Fsp3) is 0.562. The number of amides is 1. The van der Waals surface area contributed by atoms with Crippen molar-refractivity contribution in [2.75, 3.05) is 7.11 Å². The number of methoxy groups -OCH3 is 1. The molecule has 6 heteroatoms. The van der Waals surface area contributed by atoms with Gasteiger partial charge in [-0.05, 0) is 43.9 Å². The number of carbonyl (C=O) groups excluding carboxylic acids is 1. The highest BCUT2D eigenvalue weighted by atomic mass is 79.9. The first-order valence-corrected chi connectivity index (χ1v) is 8.31. The van der Waals surface area contributed by atoms with Crippen LogP contribution in [0.15, 0.2) is 22.7 Å². The molecule has 4 nitrogen and oxygen atoms in total. The lowest BCUT2D eigenvalue weighted by molar-refractivity contribution is -0.121. The molecular weight excluding hydrogens is 368 g/mol. The van der Waals surface area contributed by atoms with Crippen LogP contribution in [-0.2, 0) is 11.2 Å². The van der Waals surface area contributed by atoms with Crippen LogP contribution in [0.4, 0.5) is 0 Å². The number of carbonyl (C=O) groups is 1. The smallest absolute Gasteiger partial charge is 0.224 e. The lowest BCUT2D eigenvalue weighted by atomic mass is 9.99. The summed E-state index contributed by atoms with van der Waals surface area (Å²) in [5.41, 5.74) is 0.918. The molecule has 0 aliphatic carbocycles. The van der Waals surface area contributed by atoms with Crippen LogP contribution in [-0.4, -0.2) is 31.1 Å². The van der Waals surface area contributed by atoms with Gasteiger partial charge >= 0.3 is 0 Å². The normalized spacial score (nSPS) is 26.2. The number of rotatable bonds is 4. The van der Waals surface area contributed by atoms with Gasteiger partial charge in [0.05, 0.1) is 13.5 Å². The summed E-state index contributed by atoms with van der Waals surface area (Å²) >= 11 is 3.44. The zero-order valence-electron chi connectivity index (χ0n) is 12.6. The van der Waals surface area contributed by atoms with E-state index in [1.165, 1.54) is 12.8 Å². The van der Waals surface area contributed by atoms with Gasteiger partial charge in [-0.3, -0.25) is 4.79 Å². The molecule has 2 N–H and O–H groups in total. The van der Waals surface area contributed by atoms with Gasteiger partial charge in [0.2, 0.25) is 5.91 Å². The molecule has 2 aliphatic heterocycles. The van der Waals surface area contributed by atoms with E-state index in [4.69, 9.17) is 4.74 Å². The molecule has 2 bridgehead atoms. The van der Waals surface area contributed by atoms with Crippen LogP contribution in [0.25, 0.3) is 0 Å². The SMILES string of the molecule is COc1ccc(Br)cc1CC(=O)NC1CC2CCC(C1)N2.Cl. The van der Waals surface area contributed by atoms with Gasteiger partial charge in [0.1, 0.15) is 5.75 Å². The summed E-state index contributed by atoms with van der Waals surface area (Å²) in [6.07, 6.45) is 4.96. The molecule has 0 radical (unpaired) electrons. The van der Waals surface area contributed by atoms with Crippen molar-refractivity contribution in [3.63, 3.8) is 0 Å². The van der Waals surface area contributed by atoms with Crippen molar-refractivity contribution >= 4 is 34.2 Å². The lowest BCUT2D eigenvalue weighted by Crippen LogP contribution is -2.48. The average molecular weight is 390 g/mol. The van der Waals surface area contributed by atoms with Gasteiger partial charge in [-0.15, -0.1) is 12.4 Å². The molecule has 2 fully saturated rings. The van der Waals surface area contributed by atoms with E-state index in [0.29, 0.717) is 24.5 Å². The van der Waals surface area contributed by atoms with Crippen molar-refractivity contribution in [1.82, 2.24) is 10.6 Å². The van der Waals surface area contributed by atoms with Crippen molar-refractivity contribution in [3.05, 3.63) is 28.2 Å². The third-order valence-electron chi connectivity index (χ3n) is 4.43. The molecule has 2 saturated heterocycles. The molecule has 1 aromatic rings. The zero-order valence-corrected chi connectivity index (χ0v) is 15.0. The van der Waals surface area contributed by atoms with Crippen LogP contribution in [0.5, 0.6) is 5.75 Å². The third-order valence-corrected chi connectivity index (χ3v) is 4.92. The van der Waals surface area contributed by atoms with E-state index < -0.39 is 0 Å². The number of hydrogen-bond donors (Lipinski definition) is 2. The molecule has 2 unspecified atom stereocenters. The van der Waals surface area contributed by atoms with Crippen molar-refractivity contribution in [3.8, 4) is 5.75 Å². The second kappa shape index (κ2) is 7.66. The van der Waals surface area contributed by atoms with Gasteiger partial charge in [0.15, 0.2) is 0 Å². The quantitative estimate of drug-likeness (QED) is 0.832. The Morgan fingerprint density at radius 3 is 2.68 bits per heavy atom. The largest absolute Gasteiger partial charge is 0.496 e. The molecule has 1 aromatic carbocycles. The summed E-state index contributed by atoms with van der Waals surface area (Å²) in [6.45, 7) is 0. The first kappa shape index (κ1) is 17.6. The Morgan fingerprint density at radius 2 is 2.05 bits per heavy atom. The van der Waals surface area contributed by atoms with Crippen molar-refractivity contribution in [1.29, 1.82) is 0 Å². The molecule has 122 valence electrons. The number of ether oxygens (including phenoxy) is 1. The maximum Gasteiger partial charge on any atom is 0.224 e. The first-order valence-electron chi connectivity index (χ1n) is 7.52. The molecule has 0 aromatic heterocycles. The Hall–Kier alpha value is -0.780. The summed E-state index contributed by atoms with van der Waals surface area (Å²) < 4.78 is 6.29. The van der Waals surface area contributed by atoms with Crippen LogP contribution < -0.4 is 15.4 Å². The standard InChI is InChI=1S/C16H21BrN2O2.ClH/c1-21-15-5-2-11(17)6-10(15)7-16(20)19-14-8-12-3-4-13(9-14)18-12;/h2,5-6,12-14,18H,3-4,7-9H2,1H3,(H,19,20);1H. The highest BCUT2D eigenvalue weighted by molar-refractivity contribution is 9.10. The summed E-state index contributed by atoms with van der Waals surface area (Å²) in [7, 11) is 1.63. The molecule has 1 amide bonds. The Morgan fingerprint density at radius 1 is 1.36 bits per heavy atom. The molecule has 0 spiro atoms. The molecule has 2 aliphatic rings. The number of hydrogen-bond acceptors (Lipinski definition) is 3. The van der Waals surface area contributed by atoms with E-state index in [-0.39, 0.29) is 18.3 Å². The van der Waals surface area contributed by atoms with Crippen LogP contribution >= 0.6 is 28.3 Å². The Kier molecular flexibility index (Phi) is 6.12. The average Bonchev–Trinajstić information content (AvgIpc) is 2.78. The highest BCUT2D eigenvalue weighted by Gasteiger charge is 2.33. The molecule has 0 saturated carbocycles. The predicted molar refractivity (Wildman–Crippen MR) is 92.8 cm³/mol. The maximum absolute atomic E-state index is 12.3. The summed E-state index contributed by atoms with van der Waals surface area (Å²) in [5.74, 6) is 0.844. The van der Waals surface area contributed by atoms with E-state index in [9.17, 15) is 4.79 Å². The van der Waals surface area contributed by atoms with Crippen LogP contribution in [0, 0.1) is 0 Å². The van der Waals surface area contributed by atoms with E-state index in [1.54, 1.807) is 7.11 Å². The minimum Gasteiger partial charge on any atom is -0.496 e. The van der Waals surface area contributed by atoms with Gasteiger partial charge in [-0.1, -0.05) is 15.9 Å². The number of benzene rings is 1. The number of fused-ring (bicyclic) bond motifs is 2. The molecule has 3 rings (SSSR count). The molecule has 22 heavy (non-hydrogen) atoms. The fourth-order valence-corrected chi connectivity index (χ4v) is 3.92. The van der Waals surface area contributed by atoms with Crippen LogP contribution in [0.2, 0.25) is 0 Å². The van der Waals surface area contributed by atoms with Crippen molar-refractivity contribution < 1.29 is 9.53 Å². The minimum absolute atomic E-state index is 0. The van der Waals surface area contributed by atoms with E-state index in [2.05, 4.69) is 26.6 Å². The van der Waals surface area contributed by atoms with Gasteiger partial charge in [-0.25, -0.2) is 0 Å².